The van der Waals surface area contributed by atoms with Crippen LogP contribution in [0.25, 0.3) is 17.1 Å². The predicted octanol–water partition coefficient (Wildman–Crippen LogP) is 6.59. The summed E-state index contributed by atoms with van der Waals surface area (Å²) in [5, 5.41) is 12.5. The van der Waals surface area contributed by atoms with Crippen molar-refractivity contribution >= 4 is 23.4 Å². The molecule has 8 heteroatoms. The maximum Gasteiger partial charge on any atom is 0.234 e. The van der Waals surface area contributed by atoms with E-state index in [1.165, 1.54) is 17.3 Å². The molecule has 1 N–H and O–H groups in total. The van der Waals surface area contributed by atoms with E-state index in [9.17, 15) is 4.79 Å². The van der Waals surface area contributed by atoms with Gasteiger partial charge in [-0.3, -0.25) is 9.36 Å². The van der Waals surface area contributed by atoms with Crippen molar-refractivity contribution in [2.75, 3.05) is 24.8 Å². The summed E-state index contributed by atoms with van der Waals surface area (Å²) in [6.45, 7) is 6.92. The summed E-state index contributed by atoms with van der Waals surface area (Å²) in [5.41, 5.74) is 3.82. The maximum absolute atomic E-state index is 12.8. The number of nitrogens with zero attached hydrogens (tertiary/aromatic N) is 3. The van der Waals surface area contributed by atoms with Crippen LogP contribution in [-0.2, 0) is 4.79 Å². The van der Waals surface area contributed by atoms with E-state index in [0.717, 1.165) is 34.9 Å². The lowest BCUT2D eigenvalue weighted by Gasteiger charge is -2.12. The largest absolute Gasteiger partial charge is 0.497 e. The van der Waals surface area contributed by atoms with Crippen LogP contribution in [0.2, 0.25) is 0 Å². The molecule has 0 aliphatic rings. The summed E-state index contributed by atoms with van der Waals surface area (Å²) >= 11 is 1.34. The number of hydrogen-bond acceptors (Lipinski definition) is 6. The Balaban J connectivity index is 1.54. The molecule has 37 heavy (non-hydrogen) atoms. The number of anilines is 1. The lowest BCUT2D eigenvalue weighted by atomic mass is 9.99. The summed E-state index contributed by atoms with van der Waals surface area (Å²) < 4.78 is 12.8. The molecule has 1 heterocycles. The number of hydrogen-bond donors (Lipinski definition) is 1. The normalized spacial score (nSPS) is 11.7. The van der Waals surface area contributed by atoms with Gasteiger partial charge in [-0.05, 0) is 85.5 Å². The molecule has 0 saturated heterocycles. The van der Waals surface area contributed by atoms with Crippen LogP contribution >= 0.6 is 11.8 Å². The first-order valence-electron chi connectivity index (χ1n) is 12.4. The summed E-state index contributed by atoms with van der Waals surface area (Å²) in [6, 6.07) is 23.5. The molecule has 0 bridgehead atoms. The standard InChI is InChI=1S/C29H32N4O3S/c1-5-20(3)21-7-11-23(12-8-21)30-27(34)19-37-29-32-31-28(22-9-15-25(35-4)16-10-22)33(29)24-13-17-26(18-14-24)36-6-2/h7-18,20H,5-6,19H2,1-4H3,(H,30,34)/t20-/m0/s1. The Kier molecular flexibility index (Phi) is 8.85. The van der Waals surface area contributed by atoms with Crippen molar-refractivity contribution in [1.82, 2.24) is 14.8 Å². The van der Waals surface area contributed by atoms with Gasteiger partial charge in [-0.1, -0.05) is 37.7 Å². The van der Waals surface area contributed by atoms with Crippen LogP contribution in [0.4, 0.5) is 5.69 Å². The van der Waals surface area contributed by atoms with Gasteiger partial charge in [0.1, 0.15) is 11.5 Å². The van der Waals surface area contributed by atoms with Crippen molar-refractivity contribution in [2.24, 2.45) is 0 Å². The first-order chi connectivity index (χ1) is 18.0. The summed E-state index contributed by atoms with van der Waals surface area (Å²) in [6.07, 6.45) is 1.08. The van der Waals surface area contributed by atoms with E-state index in [2.05, 4.69) is 41.5 Å². The number of nitrogens with one attached hydrogen (secondary N) is 1. The van der Waals surface area contributed by atoms with Gasteiger partial charge in [0.25, 0.3) is 0 Å². The molecule has 1 atom stereocenters. The number of ether oxygens (including phenoxy) is 2. The molecule has 0 fully saturated rings. The molecule has 0 saturated carbocycles. The molecule has 4 rings (SSSR count). The molecule has 192 valence electrons. The maximum atomic E-state index is 12.8. The molecular formula is C29H32N4O3S. The monoisotopic (exact) mass is 516 g/mol. The second-order valence-electron chi connectivity index (χ2n) is 8.57. The van der Waals surface area contributed by atoms with Gasteiger partial charge < -0.3 is 14.8 Å². The number of carbonyl (C=O) groups is 1. The van der Waals surface area contributed by atoms with Gasteiger partial charge in [-0.25, -0.2) is 0 Å². The molecule has 1 aromatic heterocycles. The third-order valence-corrected chi connectivity index (χ3v) is 7.02. The number of aromatic nitrogens is 3. The lowest BCUT2D eigenvalue weighted by molar-refractivity contribution is -0.113. The lowest BCUT2D eigenvalue weighted by Crippen LogP contribution is -2.14. The summed E-state index contributed by atoms with van der Waals surface area (Å²) in [4.78, 5) is 12.8. The third kappa shape index (κ3) is 6.51. The second kappa shape index (κ2) is 12.5. The van der Waals surface area contributed by atoms with E-state index in [1.54, 1.807) is 7.11 Å². The Morgan fingerprint density at radius 2 is 1.62 bits per heavy atom. The zero-order chi connectivity index (χ0) is 26.2. The molecule has 4 aromatic rings. The average Bonchev–Trinajstić information content (AvgIpc) is 3.36. The van der Waals surface area contributed by atoms with Crippen molar-refractivity contribution in [3.63, 3.8) is 0 Å². The van der Waals surface area contributed by atoms with Crippen molar-refractivity contribution in [3.8, 4) is 28.6 Å². The number of benzene rings is 3. The van der Waals surface area contributed by atoms with E-state index in [0.29, 0.717) is 23.5 Å². The molecule has 0 spiro atoms. The van der Waals surface area contributed by atoms with Crippen molar-refractivity contribution in [1.29, 1.82) is 0 Å². The van der Waals surface area contributed by atoms with Crippen molar-refractivity contribution < 1.29 is 14.3 Å². The fourth-order valence-corrected chi connectivity index (χ4v) is 4.59. The highest BCUT2D eigenvalue weighted by molar-refractivity contribution is 7.99. The minimum atomic E-state index is -0.103. The summed E-state index contributed by atoms with van der Waals surface area (Å²) in [7, 11) is 1.64. The Hall–Kier alpha value is -3.78. The van der Waals surface area contributed by atoms with Gasteiger partial charge in [0.15, 0.2) is 11.0 Å². The minimum absolute atomic E-state index is 0.103. The van der Waals surface area contributed by atoms with Crippen LogP contribution < -0.4 is 14.8 Å². The fraction of sp³-hybridized carbons (Fsp3) is 0.276. The first kappa shape index (κ1) is 26.3. The highest BCUT2D eigenvalue weighted by atomic mass is 32.2. The number of carbonyl (C=O) groups excluding carboxylic acids is 1. The van der Waals surface area contributed by atoms with Gasteiger partial charge in [0.2, 0.25) is 5.91 Å². The van der Waals surface area contributed by atoms with Crippen molar-refractivity contribution in [2.45, 2.75) is 38.3 Å². The van der Waals surface area contributed by atoms with E-state index in [-0.39, 0.29) is 11.7 Å². The molecular weight excluding hydrogens is 484 g/mol. The zero-order valence-corrected chi connectivity index (χ0v) is 22.4. The van der Waals surface area contributed by atoms with Crippen molar-refractivity contribution in [3.05, 3.63) is 78.4 Å². The van der Waals surface area contributed by atoms with Crippen LogP contribution in [0.5, 0.6) is 11.5 Å². The number of amides is 1. The topological polar surface area (TPSA) is 78.3 Å². The SMILES string of the molecule is CCOc1ccc(-n2c(SCC(=O)Nc3ccc([C@@H](C)CC)cc3)nnc2-c2ccc(OC)cc2)cc1. The molecule has 0 unspecified atom stereocenters. The third-order valence-electron chi connectivity index (χ3n) is 6.10. The van der Waals surface area contributed by atoms with Gasteiger partial charge in [0, 0.05) is 16.9 Å². The van der Waals surface area contributed by atoms with Gasteiger partial charge in [0.05, 0.1) is 19.5 Å². The Morgan fingerprint density at radius 1 is 0.946 bits per heavy atom. The molecule has 0 aliphatic heterocycles. The Bertz CT molecular complexity index is 1300. The number of methoxy groups -OCH3 is 1. The highest BCUT2D eigenvalue weighted by Crippen LogP contribution is 2.30. The number of thioether (sulfide) groups is 1. The molecule has 7 nitrogen and oxygen atoms in total. The van der Waals surface area contributed by atoms with Gasteiger partial charge in [-0.2, -0.15) is 0 Å². The second-order valence-corrected chi connectivity index (χ2v) is 9.51. The van der Waals surface area contributed by atoms with E-state index >= 15 is 0 Å². The smallest absolute Gasteiger partial charge is 0.234 e. The van der Waals surface area contributed by atoms with E-state index in [1.807, 2.05) is 72.2 Å². The molecule has 3 aromatic carbocycles. The van der Waals surface area contributed by atoms with Crippen LogP contribution in [0.3, 0.4) is 0 Å². The quantitative estimate of drug-likeness (QED) is 0.227. The Morgan fingerprint density at radius 3 is 2.24 bits per heavy atom. The van der Waals surface area contributed by atoms with Crippen LogP contribution in [-0.4, -0.2) is 40.1 Å². The van der Waals surface area contributed by atoms with Gasteiger partial charge >= 0.3 is 0 Å². The molecule has 0 aliphatic carbocycles. The van der Waals surface area contributed by atoms with Crippen LogP contribution in [0.1, 0.15) is 38.7 Å². The van der Waals surface area contributed by atoms with Crippen LogP contribution in [0.15, 0.2) is 78.0 Å². The molecule has 1 amide bonds. The van der Waals surface area contributed by atoms with E-state index in [4.69, 9.17) is 9.47 Å². The average molecular weight is 517 g/mol. The Labute approximate surface area is 222 Å². The fourth-order valence-electron chi connectivity index (χ4n) is 3.84. The first-order valence-corrected chi connectivity index (χ1v) is 13.4. The van der Waals surface area contributed by atoms with E-state index < -0.39 is 0 Å². The minimum Gasteiger partial charge on any atom is -0.497 e. The zero-order valence-electron chi connectivity index (χ0n) is 21.6. The highest BCUT2D eigenvalue weighted by Gasteiger charge is 2.18. The van der Waals surface area contributed by atoms with Crippen LogP contribution in [0, 0.1) is 0 Å². The van der Waals surface area contributed by atoms with Gasteiger partial charge in [-0.15, -0.1) is 10.2 Å². The summed E-state index contributed by atoms with van der Waals surface area (Å²) in [5.74, 6) is 2.82. The predicted molar refractivity (Wildman–Crippen MR) is 149 cm³/mol. The number of rotatable bonds is 11. The molecule has 0 radical (unpaired) electrons.